The number of carbonyl (C=O) groups excluding carboxylic acids is 1. The zero-order valence-corrected chi connectivity index (χ0v) is 12.6. The normalized spacial score (nSPS) is 10.2. The third-order valence-electron chi connectivity index (χ3n) is 3.09. The topological polar surface area (TPSA) is 58.1 Å². The number of nitrogens with one attached hydrogen (secondary N) is 1. The molecule has 0 aliphatic carbocycles. The zero-order chi connectivity index (χ0) is 15.2. The van der Waals surface area contributed by atoms with Crippen LogP contribution in [-0.2, 0) is 0 Å². The van der Waals surface area contributed by atoms with Gasteiger partial charge in [0.15, 0.2) is 0 Å². The molecule has 5 heteroatoms. The lowest BCUT2D eigenvalue weighted by Gasteiger charge is -2.21. The SMILES string of the molecule is CCNc1cncc(C(=O)N(CC)c2cccc(C)c2)n1. The summed E-state index contributed by atoms with van der Waals surface area (Å²) in [5.41, 5.74) is 2.33. The van der Waals surface area contributed by atoms with Crippen molar-refractivity contribution in [3.63, 3.8) is 0 Å². The number of aromatic nitrogens is 2. The molecular weight excluding hydrogens is 264 g/mol. The third kappa shape index (κ3) is 3.56. The molecule has 0 fully saturated rings. The highest BCUT2D eigenvalue weighted by atomic mass is 16.2. The Hall–Kier alpha value is -2.43. The van der Waals surface area contributed by atoms with Gasteiger partial charge in [-0.15, -0.1) is 0 Å². The summed E-state index contributed by atoms with van der Waals surface area (Å²) < 4.78 is 0. The highest BCUT2D eigenvalue weighted by molar-refractivity contribution is 6.04. The molecule has 0 saturated carbocycles. The second kappa shape index (κ2) is 6.83. The molecule has 0 unspecified atom stereocenters. The van der Waals surface area contributed by atoms with Crippen molar-refractivity contribution in [3.05, 3.63) is 47.9 Å². The van der Waals surface area contributed by atoms with Gasteiger partial charge in [0, 0.05) is 18.8 Å². The molecule has 21 heavy (non-hydrogen) atoms. The molecule has 0 aliphatic rings. The van der Waals surface area contributed by atoms with Crippen LogP contribution in [0.3, 0.4) is 0 Å². The van der Waals surface area contributed by atoms with Gasteiger partial charge in [-0.2, -0.15) is 0 Å². The van der Waals surface area contributed by atoms with Crippen LogP contribution in [0.1, 0.15) is 29.9 Å². The standard InChI is InChI=1S/C16H20N4O/c1-4-18-15-11-17-10-14(19-15)16(21)20(5-2)13-8-6-7-12(3)9-13/h6-11H,4-5H2,1-3H3,(H,18,19). The summed E-state index contributed by atoms with van der Waals surface area (Å²) in [4.78, 5) is 22.7. The highest BCUT2D eigenvalue weighted by Gasteiger charge is 2.18. The minimum absolute atomic E-state index is 0.143. The number of benzene rings is 1. The first-order chi connectivity index (χ1) is 10.2. The van der Waals surface area contributed by atoms with Gasteiger partial charge in [0.25, 0.3) is 5.91 Å². The second-order valence-corrected chi connectivity index (χ2v) is 4.71. The molecule has 1 heterocycles. The van der Waals surface area contributed by atoms with Crippen molar-refractivity contribution < 1.29 is 4.79 Å². The van der Waals surface area contributed by atoms with Gasteiger partial charge in [0.05, 0.1) is 12.4 Å². The van der Waals surface area contributed by atoms with E-state index in [1.54, 1.807) is 11.1 Å². The Morgan fingerprint density at radius 3 is 2.76 bits per heavy atom. The fraction of sp³-hybridized carbons (Fsp3) is 0.312. The summed E-state index contributed by atoms with van der Waals surface area (Å²) in [6, 6.07) is 7.87. The van der Waals surface area contributed by atoms with Gasteiger partial charge in [0.1, 0.15) is 11.5 Å². The number of hydrogen-bond acceptors (Lipinski definition) is 4. The molecule has 0 radical (unpaired) electrons. The molecule has 0 bridgehead atoms. The van der Waals surface area contributed by atoms with Gasteiger partial charge in [-0.3, -0.25) is 9.78 Å². The molecule has 1 aromatic heterocycles. The Bertz CT molecular complexity index is 627. The lowest BCUT2D eigenvalue weighted by molar-refractivity contribution is 0.0983. The minimum atomic E-state index is -0.143. The van der Waals surface area contributed by atoms with Crippen molar-refractivity contribution in [1.82, 2.24) is 9.97 Å². The van der Waals surface area contributed by atoms with Gasteiger partial charge in [-0.1, -0.05) is 12.1 Å². The van der Waals surface area contributed by atoms with Crippen molar-refractivity contribution in [1.29, 1.82) is 0 Å². The molecule has 2 rings (SSSR count). The number of carbonyl (C=O) groups is 1. The van der Waals surface area contributed by atoms with Crippen LogP contribution in [0.5, 0.6) is 0 Å². The summed E-state index contributed by atoms with van der Waals surface area (Å²) >= 11 is 0. The first kappa shape index (κ1) is 15.0. The van der Waals surface area contributed by atoms with E-state index in [2.05, 4.69) is 15.3 Å². The number of rotatable bonds is 5. The van der Waals surface area contributed by atoms with Crippen LogP contribution in [0.15, 0.2) is 36.7 Å². The van der Waals surface area contributed by atoms with E-state index in [4.69, 9.17) is 0 Å². The predicted octanol–water partition coefficient (Wildman–Crippen LogP) is 2.88. The molecule has 0 atom stereocenters. The number of nitrogens with zero attached hydrogens (tertiary/aromatic N) is 3. The zero-order valence-electron chi connectivity index (χ0n) is 12.6. The third-order valence-corrected chi connectivity index (χ3v) is 3.09. The van der Waals surface area contributed by atoms with Gasteiger partial charge in [-0.05, 0) is 38.5 Å². The monoisotopic (exact) mass is 284 g/mol. The van der Waals surface area contributed by atoms with Gasteiger partial charge in [-0.25, -0.2) is 4.98 Å². The quantitative estimate of drug-likeness (QED) is 0.917. The smallest absolute Gasteiger partial charge is 0.278 e. The summed E-state index contributed by atoms with van der Waals surface area (Å²) in [5.74, 6) is 0.471. The molecule has 1 amide bonds. The first-order valence-corrected chi connectivity index (χ1v) is 7.10. The van der Waals surface area contributed by atoms with Crippen LogP contribution < -0.4 is 10.2 Å². The molecule has 5 nitrogen and oxygen atoms in total. The average molecular weight is 284 g/mol. The van der Waals surface area contributed by atoms with Crippen molar-refractivity contribution in [2.45, 2.75) is 20.8 Å². The Morgan fingerprint density at radius 1 is 1.29 bits per heavy atom. The Morgan fingerprint density at radius 2 is 2.10 bits per heavy atom. The fourth-order valence-corrected chi connectivity index (χ4v) is 2.11. The predicted molar refractivity (Wildman–Crippen MR) is 84.7 cm³/mol. The Kier molecular flexibility index (Phi) is 4.87. The largest absolute Gasteiger partial charge is 0.369 e. The average Bonchev–Trinajstić information content (AvgIpc) is 2.49. The van der Waals surface area contributed by atoms with Crippen molar-refractivity contribution >= 4 is 17.4 Å². The summed E-state index contributed by atoms with van der Waals surface area (Å²) in [7, 11) is 0. The van der Waals surface area contributed by atoms with E-state index in [9.17, 15) is 4.79 Å². The van der Waals surface area contributed by atoms with E-state index < -0.39 is 0 Å². The van der Waals surface area contributed by atoms with Crippen LogP contribution >= 0.6 is 0 Å². The van der Waals surface area contributed by atoms with E-state index in [1.807, 2.05) is 45.0 Å². The van der Waals surface area contributed by atoms with E-state index in [0.717, 1.165) is 17.8 Å². The molecule has 0 aliphatic heterocycles. The molecule has 2 aromatic rings. The Labute approximate surface area is 125 Å². The maximum Gasteiger partial charge on any atom is 0.278 e. The lowest BCUT2D eigenvalue weighted by Crippen LogP contribution is -2.31. The van der Waals surface area contributed by atoms with E-state index in [1.165, 1.54) is 6.20 Å². The van der Waals surface area contributed by atoms with Gasteiger partial charge in [0.2, 0.25) is 0 Å². The summed E-state index contributed by atoms with van der Waals surface area (Å²) in [5, 5.41) is 3.06. The second-order valence-electron chi connectivity index (χ2n) is 4.71. The van der Waals surface area contributed by atoms with Crippen LogP contribution in [0, 0.1) is 6.92 Å². The highest BCUT2D eigenvalue weighted by Crippen LogP contribution is 2.18. The van der Waals surface area contributed by atoms with Crippen molar-refractivity contribution in [3.8, 4) is 0 Å². The van der Waals surface area contributed by atoms with Gasteiger partial charge < -0.3 is 10.2 Å². The number of amides is 1. The molecule has 0 spiro atoms. The summed E-state index contributed by atoms with van der Waals surface area (Å²) in [6.45, 7) is 7.24. The van der Waals surface area contributed by atoms with Crippen molar-refractivity contribution in [2.24, 2.45) is 0 Å². The Balaban J connectivity index is 2.30. The summed E-state index contributed by atoms with van der Waals surface area (Å²) in [6.07, 6.45) is 3.12. The number of anilines is 2. The minimum Gasteiger partial charge on any atom is -0.369 e. The molecular formula is C16H20N4O. The first-order valence-electron chi connectivity index (χ1n) is 7.10. The van der Waals surface area contributed by atoms with Crippen molar-refractivity contribution in [2.75, 3.05) is 23.3 Å². The van der Waals surface area contributed by atoms with Crippen LogP contribution in [0.25, 0.3) is 0 Å². The van der Waals surface area contributed by atoms with Gasteiger partial charge >= 0.3 is 0 Å². The fourth-order valence-electron chi connectivity index (χ4n) is 2.11. The lowest BCUT2D eigenvalue weighted by atomic mass is 10.2. The maximum absolute atomic E-state index is 12.6. The van der Waals surface area contributed by atoms with E-state index >= 15 is 0 Å². The van der Waals surface area contributed by atoms with E-state index in [-0.39, 0.29) is 5.91 Å². The van der Waals surface area contributed by atoms with E-state index in [0.29, 0.717) is 18.1 Å². The number of aryl methyl sites for hydroxylation is 1. The van der Waals surface area contributed by atoms with Crippen LogP contribution in [-0.4, -0.2) is 29.0 Å². The molecule has 1 N–H and O–H groups in total. The molecule has 1 aromatic carbocycles. The van der Waals surface area contributed by atoms with Crippen LogP contribution in [0.4, 0.5) is 11.5 Å². The maximum atomic E-state index is 12.6. The number of hydrogen-bond donors (Lipinski definition) is 1. The van der Waals surface area contributed by atoms with Crippen LogP contribution in [0.2, 0.25) is 0 Å². The molecule has 0 saturated heterocycles. The molecule has 110 valence electrons.